The molecule has 1 aromatic heterocycles. The fraction of sp³-hybridized carbons (Fsp3) is 0.458. The number of hydrazone groups is 1. The molecular formula is C24H28N4O6. The van der Waals surface area contributed by atoms with E-state index >= 15 is 0 Å². The number of hydrogen-bond donors (Lipinski definition) is 0. The van der Waals surface area contributed by atoms with Crippen molar-refractivity contribution in [2.24, 2.45) is 11.0 Å². The number of non-ortho nitro benzene ring substituents is 1. The van der Waals surface area contributed by atoms with Crippen LogP contribution < -0.4 is 0 Å². The third-order valence-electron chi connectivity index (χ3n) is 6.36. The number of hydrogen-bond acceptors (Lipinski definition) is 7. The number of rotatable bonds is 9. The molecule has 0 bridgehead atoms. The number of methoxy groups -OCH3 is 1. The maximum atomic E-state index is 13.4. The summed E-state index contributed by atoms with van der Waals surface area (Å²) >= 11 is 0. The van der Waals surface area contributed by atoms with E-state index in [1.807, 2.05) is 0 Å². The molecule has 10 heteroatoms. The highest BCUT2D eigenvalue weighted by atomic mass is 16.6. The van der Waals surface area contributed by atoms with Crippen molar-refractivity contribution in [1.82, 2.24) is 9.91 Å². The van der Waals surface area contributed by atoms with E-state index in [-0.39, 0.29) is 30.0 Å². The topological polar surface area (TPSA) is 118 Å². The maximum Gasteiger partial charge on any atom is 0.269 e. The van der Waals surface area contributed by atoms with Crippen LogP contribution in [0.25, 0.3) is 0 Å². The Hall–Kier alpha value is -3.53. The zero-order chi connectivity index (χ0) is 24.1. The number of ether oxygens (including phenoxy) is 1. The van der Waals surface area contributed by atoms with E-state index < -0.39 is 11.0 Å². The second kappa shape index (κ2) is 10.6. The molecule has 1 saturated carbocycles. The van der Waals surface area contributed by atoms with Gasteiger partial charge in [-0.05, 0) is 42.7 Å². The Morgan fingerprint density at radius 2 is 1.97 bits per heavy atom. The van der Waals surface area contributed by atoms with Crippen LogP contribution in [0.5, 0.6) is 0 Å². The largest absolute Gasteiger partial charge is 0.467 e. The molecule has 1 aliphatic heterocycles. The second-order valence-corrected chi connectivity index (χ2v) is 8.56. The summed E-state index contributed by atoms with van der Waals surface area (Å²) < 4.78 is 10.7. The first-order valence-corrected chi connectivity index (χ1v) is 11.4. The lowest BCUT2D eigenvalue weighted by molar-refractivity contribution is -0.384. The van der Waals surface area contributed by atoms with E-state index in [4.69, 9.17) is 9.15 Å². The van der Waals surface area contributed by atoms with Gasteiger partial charge in [0.25, 0.3) is 11.6 Å². The highest BCUT2D eigenvalue weighted by Crippen LogP contribution is 2.34. The summed E-state index contributed by atoms with van der Waals surface area (Å²) in [5.41, 5.74) is 1.29. The lowest BCUT2D eigenvalue weighted by Gasteiger charge is -2.27. The maximum absolute atomic E-state index is 13.4. The van der Waals surface area contributed by atoms with Crippen LogP contribution in [-0.4, -0.2) is 59.2 Å². The predicted octanol–water partition coefficient (Wildman–Crippen LogP) is 3.53. The van der Waals surface area contributed by atoms with Gasteiger partial charge >= 0.3 is 0 Å². The Bertz CT molecular complexity index is 1040. The van der Waals surface area contributed by atoms with E-state index in [1.54, 1.807) is 36.3 Å². The Balaban J connectivity index is 1.56. The molecule has 0 unspecified atom stereocenters. The minimum atomic E-state index is -0.461. The number of nitrogens with zero attached hydrogens (tertiary/aromatic N) is 4. The van der Waals surface area contributed by atoms with Crippen molar-refractivity contribution in [2.75, 3.05) is 26.8 Å². The summed E-state index contributed by atoms with van der Waals surface area (Å²) in [6.45, 7) is 0.563. The molecule has 0 N–H and O–H groups in total. The highest BCUT2D eigenvalue weighted by Gasteiger charge is 2.37. The molecule has 2 aliphatic rings. The van der Waals surface area contributed by atoms with Crippen LogP contribution in [0.2, 0.25) is 0 Å². The molecule has 4 rings (SSSR count). The Morgan fingerprint density at radius 1 is 1.24 bits per heavy atom. The summed E-state index contributed by atoms with van der Waals surface area (Å²) in [6, 6.07) is 9.14. The molecule has 1 atom stereocenters. The fourth-order valence-electron chi connectivity index (χ4n) is 4.53. The van der Waals surface area contributed by atoms with E-state index in [2.05, 4.69) is 5.10 Å². The smallest absolute Gasteiger partial charge is 0.269 e. The van der Waals surface area contributed by atoms with Gasteiger partial charge in [0.2, 0.25) is 5.91 Å². The van der Waals surface area contributed by atoms with Crippen molar-refractivity contribution in [3.8, 4) is 0 Å². The number of nitro groups is 1. The van der Waals surface area contributed by atoms with Crippen molar-refractivity contribution in [2.45, 2.75) is 38.1 Å². The second-order valence-electron chi connectivity index (χ2n) is 8.56. The van der Waals surface area contributed by atoms with E-state index in [9.17, 15) is 19.7 Å². The average molecular weight is 469 g/mol. The molecule has 1 aromatic carbocycles. The summed E-state index contributed by atoms with van der Waals surface area (Å²) in [6.07, 6.45) is 5.67. The van der Waals surface area contributed by atoms with Gasteiger partial charge < -0.3 is 14.1 Å². The van der Waals surface area contributed by atoms with E-state index in [0.29, 0.717) is 36.6 Å². The molecule has 10 nitrogen and oxygen atoms in total. The predicted molar refractivity (Wildman–Crippen MR) is 123 cm³/mol. The first-order valence-electron chi connectivity index (χ1n) is 11.4. The number of benzene rings is 1. The molecule has 0 saturated heterocycles. The third kappa shape index (κ3) is 5.17. The zero-order valence-electron chi connectivity index (χ0n) is 19.1. The van der Waals surface area contributed by atoms with Crippen LogP contribution >= 0.6 is 0 Å². The van der Waals surface area contributed by atoms with Crippen LogP contribution in [0.3, 0.4) is 0 Å². The number of carbonyl (C=O) groups is 2. The van der Waals surface area contributed by atoms with Crippen molar-refractivity contribution >= 4 is 23.2 Å². The lowest BCUT2D eigenvalue weighted by Crippen LogP contribution is -2.44. The van der Waals surface area contributed by atoms with Crippen molar-refractivity contribution < 1.29 is 23.7 Å². The van der Waals surface area contributed by atoms with Gasteiger partial charge in [-0.3, -0.25) is 19.7 Å². The Morgan fingerprint density at radius 3 is 2.59 bits per heavy atom. The van der Waals surface area contributed by atoms with Crippen LogP contribution in [0, 0.1) is 16.0 Å². The van der Waals surface area contributed by atoms with E-state index in [1.165, 1.54) is 23.4 Å². The molecule has 2 aromatic rings. The summed E-state index contributed by atoms with van der Waals surface area (Å²) in [5.74, 6) is 0.194. The van der Waals surface area contributed by atoms with Gasteiger partial charge in [-0.15, -0.1) is 0 Å². The van der Waals surface area contributed by atoms with Gasteiger partial charge in [-0.1, -0.05) is 12.8 Å². The van der Waals surface area contributed by atoms with Crippen LogP contribution in [0.1, 0.15) is 49.5 Å². The van der Waals surface area contributed by atoms with Crippen molar-refractivity contribution in [3.05, 3.63) is 64.1 Å². The Kier molecular flexibility index (Phi) is 7.36. The monoisotopic (exact) mass is 468 g/mol. The third-order valence-corrected chi connectivity index (χ3v) is 6.36. The number of furan rings is 1. The molecule has 0 radical (unpaired) electrons. The SMILES string of the molecule is COCCN(CC(=O)N1N=C(c2ccc([N+](=O)[O-])cc2)C[C@H]1c1ccco1)C(=O)C1CCCC1. The molecule has 1 aliphatic carbocycles. The molecule has 2 amide bonds. The van der Waals surface area contributed by atoms with E-state index in [0.717, 1.165) is 25.7 Å². The molecular weight excluding hydrogens is 440 g/mol. The molecule has 0 spiro atoms. The molecule has 180 valence electrons. The quantitative estimate of drug-likeness (QED) is 0.410. The molecule has 1 fully saturated rings. The normalized spacial score (nSPS) is 18.2. The zero-order valence-corrected chi connectivity index (χ0v) is 19.1. The van der Waals surface area contributed by atoms with Gasteiger partial charge in [0.15, 0.2) is 0 Å². The number of nitro benzene ring substituents is 1. The summed E-state index contributed by atoms with van der Waals surface area (Å²) in [5, 5.41) is 16.9. The minimum Gasteiger partial charge on any atom is -0.467 e. The van der Waals surface area contributed by atoms with Gasteiger partial charge in [-0.25, -0.2) is 5.01 Å². The van der Waals surface area contributed by atoms with Gasteiger partial charge in [0.05, 0.1) is 23.5 Å². The first-order chi connectivity index (χ1) is 16.5. The summed E-state index contributed by atoms with van der Waals surface area (Å²) in [4.78, 5) is 38.6. The van der Waals surface area contributed by atoms with Crippen LogP contribution in [-0.2, 0) is 14.3 Å². The van der Waals surface area contributed by atoms with Crippen LogP contribution in [0.15, 0.2) is 52.2 Å². The fourth-order valence-corrected chi connectivity index (χ4v) is 4.53. The number of carbonyl (C=O) groups excluding carboxylic acids is 2. The number of amides is 2. The van der Waals surface area contributed by atoms with Crippen molar-refractivity contribution in [3.63, 3.8) is 0 Å². The van der Waals surface area contributed by atoms with Crippen molar-refractivity contribution in [1.29, 1.82) is 0 Å². The molecule has 34 heavy (non-hydrogen) atoms. The highest BCUT2D eigenvalue weighted by molar-refractivity contribution is 6.03. The standard InChI is InChI=1S/C24H28N4O6/c1-33-14-12-26(24(30)18-5-2-3-6-18)16-23(29)27-21(22-7-4-13-34-22)15-20(25-27)17-8-10-19(11-9-17)28(31)32/h4,7-11,13,18,21H,2-3,5-6,12,14-16H2,1H3/t21-/m0/s1. The lowest BCUT2D eigenvalue weighted by atomic mass is 10.0. The minimum absolute atomic E-state index is 0.0166. The average Bonchev–Trinajstić information content (AvgIpc) is 3.62. The van der Waals surface area contributed by atoms with Gasteiger partial charge in [0, 0.05) is 38.1 Å². The Labute approximate surface area is 197 Å². The van der Waals surface area contributed by atoms with Gasteiger partial charge in [0.1, 0.15) is 18.3 Å². The van der Waals surface area contributed by atoms with Crippen LogP contribution in [0.4, 0.5) is 5.69 Å². The first kappa shape index (κ1) is 23.6. The van der Waals surface area contributed by atoms with Gasteiger partial charge in [-0.2, -0.15) is 5.10 Å². The summed E-state index contributed by atoms with van der Waals surface area (Å²) in [7, 11) is 1.56. The molecule has 2 heterocycles.